The van der Waals surface area contributed by atoms with Crippen LogP contribution >= 0.6 is 0 Å². The second kappa shape index (κ2) is 14.7. The van der Waals surface area contributed by atoms with E-state index in [-0.39, 0.29) is 5.97 Å². The molecule has 2 nitrogen and oxygen atoms in total. The van der Waals surface area contributed by atoms with Crippen LogP contribution in [-0.4, -0.2) is 13.1 Å². The van der Waals surface area contributed by atoms with Crippen molar-refractivity contribution in [3.05, 3.63) is 36.5 Å². The minimum atomic E-state index is -0.0930. The van der Waals surface area contributed by atoms with Gasteiger partial charge in [-0.25, -0.2) is 0 Å². The van der Waals surface area contributed by atoms with Gasteiger partial charge < -0.3 is 4.74 Å². The highest BCUT2D eigenvalue weighted by molar-refractivity contribution is 5.68. The molecular weight excluding hydrogens is 236 g/mol. The molecule has 0 aliphatic rings. The van der Waals surface area contributed by atoms with Gasteiger partial charge >= 0.3 is 5.97 Å². The largest absolute Gasteiger partial charge is 0.469 e. The Morgan fingerprint density at radius 2 is 1.53 bits per heavy atom. The average Bonchev–Trinajstić information content (AvgIpc) is 2.43. The molecule has 0 atom stereocenters. The summed E-state index contributed by atoms with van der Waals surface area (Å²) >= 11 is 0. The topological polar surface area (TPSA) is 26.3 Å². The summed E-state index contributed by atoms with van der Waals surface area (Å²) in [5.41, 5.74) is 0. The Labute approximate surface area is 118 Å². The molecule has 0 radical (unpaired) electrons. The van der Waals surface area contributed by atoms with Crippen molar-refractivity contribution in [1.82, 2.24) is 0 Å². The van der Waals surface area contributed by atoms with Crippen LogP contribution in [0.5, 0.6) is 0 Å². The summed E-state index contributed by atoms with van der Waals surface area (Å²) in [6.07, 6.45) is 21.3. The van der Waals surface area contributed by atoms with Crippen molar-refractivity contribution >= 4 is 5.97 Å². The van der Waals surface area contributed by atoms with Crippen LogP contribution in [0.2, 0.25) is 0 Å². The van der Waals surface area contributed by atoms with Gasteiger partial charge in [-0.1, -0.05) is 49.3 Å². The van der Waals surface area contributed by atoms with Crippen molar-refractivity contribution in [2.75, 3.05) is 7.11 Å². The highest BCUT2D eigenvalue weighted by atomic mass is 16.5. The molecule has 0 saturated carbocycles. The van der Waals surface area contributed by atoms with Gasteiger partial charge in [0.25, 0.3) is 0 Å². The van der Waals surface area contributed by atoms with Crippen LogP contribution in [0.25, 0.3) is 0 Å². The van der Waals surface area contributed by atoms with Gasteiger partial charge in [0.05, 0.1) is 7.11 Å². The number of unbranched alkanes of at least 4 members (excludes halogenated alkanes) is 4. The van der Waals surface area contributed by atoms with Gasteiger partial charge in [0.2, 0.25) is 0 Å². The van der Waals surface area contributed by atoms with Crippen molar-refractivity contribution in [1.29, 1.82) is 0 Å². The standard InChI is InChI=1S/C17H28O2/c1-3-4-5-6-7-8-9-10-11-12-13-14-15-16-17(18)19-2/h3-4,6-7,9-10H,5,8,11-16H2,1-2H3/b4-3-,7-6-,10-9-. The van der Waals surface area contributed by atoms with E-state index in [1.165, 1.54) is 20.0 Å². The highest BCUT2D eigenvalue weighted by Gasteiger charge is 1.98. The zero-order valence-corrected chi connectivity index (χ0v) is 12.4. The van der Waals surface area contributed by atoms with E-state index in [0.717, 1.165) is 32.1 Å². The Kier molecular flexibility index (Phi) is 13.7. The summed E-state index contributed by atoms with van der Waals surface area (Å²) < 4.78 is 4.60. The summed E-state index contributed by atoms with van der Waals surface area (Å²) in [5, 5.41) is 0. The molecule has 19 heavy (non-hydrogen) atoms. The summed E-state index contributed by atoms with van der Waals surface area (Å²) in [5.74, 6) is -0.0930. The number of carbonyl (C=O) groups is 1. The van der Waals surface area contributed by atoms with Crippen LogP contribution in [0.15, 0.2) is 36.5 Å². The normalized spacial score (nSPS) is 11.9. The predicted molar refractivity (Wildman–Crippen MR) is 82.0 cm³/mol. The molecule has 0 aliphatic carbocycles. The molecule has 0 N–H and O–H groups in total. The molecule has 0 bridgehead atoms. The lowest BCUT2D eigenvalue weighted by molar-refractivity contribution is -0.140. The fourth-order valence-electron chi connectivity index (χ4n) is 1.69. The maximum Gasteiger partial charge on any atom is 0.305 e. The first-order valence-corrected chi connectivity index (χ1v) is 7.29. The van der Waals surface area contributed by atoms with E-state index < -0.39 is 0 Å². The summed E-state index contributed by atoms with van der Waals surface area (Å²) in [6.45, 7) is 2.04. The monoisotopic (exact) mass is 264 g/mol. The van der Waals surface area contributed by atoms with Gasteiger partial charge in [-0.3, -0.25) is 4.79 Å². The zero-order chi connectivity index (χ0) is 14.2. The van der Waals surface area contributed by atoms with E-state index in [1.807, 2.05) is 6.92 Å². The number of hydrogen-bond donors (Lipinski definition) is 0. The summed E-state index contributed by atoms with van der Waals surface area (Å²) in [7, 11) is 1.44. The Hall–Kier alpha value is -1.31. The molecule has 0 aromatic rings. The number of hydrogen-bond acceptors (Lipinski definition) is 2. The van der Waals surface area contributed by atoms with Crippen molar-refractivity contribution in [3.63, 3.8) is 0 Å². The Morgan fingerprint density at radius 3 is 2.21 bits per heavy atom. The van der Waals surface area contributed by atoms with E-state index in [2.05, 4.69) is 41.2 Å². The van der Waals surface area contributed by atoms with Crippen LogP contribution in [0.1, 0.15) is 58.3 Å². The van der Waals surface area contributed by atoms with Gasteiger partial charge in [0, 0.05) is 6.42 Å². The van der Waals surface area contributed by atoms with Crippen LogP contribution in [0, 0.1) is 0 Å². The third-order valence-corrected chi connectivity index (χ3v) is 2.84. The average molecular weight is 264 g/mol. The first kappa shape index (κ1) is 17.7. The van der Waals surface area contributed by atoms with Gasteiger partial charge in [0.15, 0.2) is 0 Å². The Balaban J connectivity index is 3.25. The summed E-state index contributed by atoms with van der Waals surface area (Å²) in [4.78, 5) is 10.9. The molecule has 0 fully saturated rings. The fraction of sp³-hybridized carbons (Fsp3) is 0.588. The van der Waals surface area contributed by atoms with Crippen LogP contribution < -0.4 is 0 Å². The second-order valence-corrected chi connectivity index (χ2v) is 4.51. The van der Waals surface area contributed by atoms with E-state index in [1.54, 1.807) is 0 Å². The van der Waals surface area contributed by atoms with E-state index in [0.29, 0.717) is 6.42 Å². The number of rotatable bonds is 11. The van der Waals surface area contributed by atoms with Crippen LogP contribution in [-0.2, 0) is 9.53 Å². The Morgan fingerprint density at radius 1 is 0.895 bits per heavy atom. The smallest absolute Gasteiger partial charge is 0.305 e. The number of carbonyl (C=O) groups excluding carboxylic acids is 1. The number of esters is 1. The van der Waals surface area contributed by atoms with Gasteiger partial charge in [-0.2, -0.15) is 0 Å². The molecule has 0 spiro atoms. The van der Waals surface area contributed by atoms with Crippen LogP contribution in [0.4, 0.5) is 0 Å². The molecule has 0 heterocycles. The van der Waals surface area contributed by atoms with Gasteiger partial charge in [-0.05, 0) is 39.0 Å². The molecule has 0 rings (SSSR count). The zero-order valence-electron chi connectivity index (χ0n) is 12.4. The molecule has 0 unspecified atom stereocenters. The van der Waals surface area contributed by atoms with E-state index in [9.17, 15) is 4.79 Å². The van der Waals surface area contributed by atoms with Gasteiger partial charge in [0.1, 0.15) is 0 Å². The Bertz CT molecular complexity index is 288. The molecule has 0 aliphatic heterocycles. The van der Waals surface area contributed by atoms with Crippen molar-refractivity contribution in [2.45, 2.75) is 58.3 Å². The lowest BCUT2D eigenvalue weighted by atomic mass is 10.1. The molecule has 0 saturated heterocycles. The van der Waals surface area contributed by atoms with E-state index in [4.69, 9.17) is 0 Å². The van der Waals surface area contributed by atoms with Crippen molar-refractivity contribution < 1.29 is 9.53 Å². The SMILES string of the molecule is C/C=C\C/C=C\C/C=C\CCCCCCC(=O)OC. The lowest BCUT2D eigenvalue weighted by Gasteiger charge is -1.99. The summed E-state index contributed by atoms with van der Waals surface area (Å²) in [6, 6.07) is 0. The fourth-order valence-corrected chi connectivity index (χ4v) is 1.69. The molecule has 0 aromatic heterocycles. The first-order chi connectivity index (χ1) is 9.31. The van der Waals surface area contributed by atoms with Crippen molar-refractivity contribution in [3.8, 4) is 0 Å². The number of allylic oxidation sites excluding steroid dienone is 6. The van der Waals surface area contributed by atoms with Crippen LogP contribution in [0.3, 0.4) is 0 Å². The first-order valence-electron chi connectivity index (χ1n) is 7.29. The maximum atomic E-state index is 10.9. The van der Waals surface area contributed by atoms with E-state index >= 15 is 0 Å². The quantitative estimate of drug-likeness (QED) is 0.299. The highest BCUT2D eigenvalue weighted by Crippen LogP contribution is 2.06. The molecule has 2 heteroatoms. The number of methoxy groups -OCH3 is 1. The third kappa shape index (κ3) is 14.6. The molecule has 0 amide bonds. The van der Waals surface area contributed by atoms with Gasteiger partial charge in [-0.15, -0.1) is 0 Å². The molecule has 108 valence electrons. The third-order valence-electron chi connectivity index (χ3n) is 2.84. The molecular formula is C17H28O2. The number of ether oxygens (including phenoxy) is 1. The van der Waals surface area contributed by atoms with Crippen molar-refractivity contribution in [2.24, 2.45) is 0 Å². The maximum absolute atomic E-state index is 10.9. The second-order valence-electron chi connectivity index (χ2n) is 4.51. The lowest BCUT2D eigenvalue weighted by Crippen LogP contribution is -1.98. The predicted octanol–water partition coefficient (Wildman–Crippen LogP) is 4.97. The minimum absolute atomic E-state index is 0.0930. The minimum Gasteiger partial charge on any atom is -0.469 e. The molecule has 0 aromatic carbocycles.